The highest BCUT2D eigenvalue weighted by Crippen LogP contribution is 2.41. The van der Waals surface area contributed by atoms with Gasteiger partial charge in [0.25, 0.3) is 0 Å². The monoisotopic (exact) mass is 330 g/mol. The van der Waals surface area contributed by atoms with E-state index in [-0.39, 0.29) is 5.43 Å². The molecule has 0 atom stereocenters. The Bertz CT molecular complexity index is 1120. The Labute approximate surface area is 145 Å². The molecular formula is C22H18O3. The highest BCUT2D eigenvalue weighted by Gasteiger charge is 2.18. The van der Waals surface area contributed by atoms with E-state index in [1.54, 1.807) is 19.2 Å². The van der Waals surface area contributed by atoms with E-state index >= 15 is 0 Å². The minimum Gasteiger partial charge on any atom is -0.497 e. The van der Waals surface area contributed by atoms with E-state index in [4.69, 9.17) is 9.15 Å². The van der Waals surface area contributed by atoms with Crippen molar-refractivity contribution in [1.29, 1.82) is 0 Å². The molecule has 0 N–H and O–H groups in total. The summed E-state index contributed by atoms with van der Waals surface area (Å²) in [5.41, 5.74) is 6.07. The average molecular weight is 330 g/mol. The molecule has 0 radical (unpaired) electrons. The number of fused-ring (bicyclic) bond motifs is 2. The fraction of sp³-hybridized carbons (Fsp3) is 0.136. The van der Waals surface area contributed by atoms with Gasteiger partial charge in [0.15, 0.2) is 5.43 Å². The van der Waals surface area contributed by atoms with Crippen molar-refractivity contribution in [2.24, 2.45) is 0 Å². The fourth-order valence-electron chi connectivity index (χ4n) is 3.31. The van der Waals surface area contributed by atoms with Crippen LogP contribution in [0, 0.1) is 13.8 Å². The van der Waals surface area contributed by atoms with E-state index in [9.17, 15) is 4.79 Å². The molecule has 3 nitrogen and oxygen atoms in total. The van der Waals surface area contributed by atoms with Crippen molar-refractivity contribution >= 4 is 11.0 Å². The summed E-state index contributed by atoms with van der Waals surface area (Å²) in [6, 6.07) is 17.2. The molecule has 0 saturated carbocycles. The first-order chi connectivity index (χ1) is 12.1. The molecule has 1 aliphatic heterocycles. The van der Waals surface area contributed by atoms with Crippen LogP contribution in [0.1, 0.15) is 11.1 Å². The van der Waals surface area contributed by atoms with Crippen molar-refractivity contribution < 1.29 is 9.15 Å². The van der Waals surface area contributed by atoms with Gasteiger partial charge in [-0.15, -0.1) is 0 Å². The van der Waals surface area contributed by atoms with Gasteiger partial charge in [0.05, 0.1) is 7.11 Å². The normalized spacial score (nSPS) is 11.2. The van der Waals surface area contributed by atoms with Crippen molar-refractivity contribution in [3.05, 3.63) is 75.9 Å². The summed E-state index contributed by atoms with van der Waals surface area (Å²) in [6.07, 6.45) is 0. The van der Waals surface area contributed by atoms with Crippen molar-refractivity contribution in [1.82, 2.24) is 0 Å². The number of ether oxygens (including phenoxy) is 1. The molecule has 1 aliphatic carbocycles. The number of rotatable bonds is 2. The Morgan fingerprint density at radius 3 is 2.44 bits per heavy atom. The van der Waals surface area contributed by atoms with Crippen LogP contribution in [0.4, 0.5) is 0 Å². The molecule has 0 bridgehead atoms. The van der Waals surface area contributed by atoms with Crippen LogP contribution in [-0.4, -0.2) is 7.11 Å². The smallest absolute Gasteiger partial charge is 0.182 e. The Morgan fingerprint density at radius 1 is 0.880 bits per heavy atom. The second-order valence-electron chi connectivity index (χ2n) is 6.32. The van der Waals surface area contributed by atoms with Crippen molar-refractivity contribution in [2.75, 3.05) is 7.11 Å². The van der Waals surface area contributed by atoms with E-state index < -0.39 is 0 Å². The quantitative estimate of drug-likeness (QED) is 0.475. The lowest BCUT2D eigenvalue weighted by Gasteiger charge is -2.17. The first kappa shape index (κ1) is 15.5. The molecule has 2 aromatic carbocycles. The molecule has 124 valence electrons. The van der Waals surface area contributed by atoms with E-state index in [0.29, 0.717) is 5.76 Å². The van der Waals surface area contributed by atoms with Gasteiger partial charge in [-0.25, -0.2) is 0 Å². The topological polar surface area (TPSA) is 39.4 Å². The molecule has 0 amide bonds. The number of methoxy groups -OCH3 is 1. The number of hydrogen-bond acceptors (Lipinski definition) is 3. The van der Waals surface area contributed by atoms with Crippen LogP contribution in [0.2, 0.25) is 0 Å². The lowest BCUT2D eigenvalue weighted by atomic mass is 9.91. The predicted molar refractivity (Wildman–Crippen MR) is 101 cm³/mol. The Hall–Kier alpha value is -3.07. The highest BCUT2D eigenvalue weighted by atomic mass is 16.5. The maximum Gasteiger partial charge on any atom is 0.182 e. The molecule has 25 heavy (non-hydrogen) atoms. The fourth-order valence-corrected chi connectivity index (χ4v) is 3.31. The zero-order valence-corrected chi connectivity index (χ0v) is 14.4. The molecule has 2 aliphatic rings. The summed E-state index contributed by atoms with van der Waals surface area (Å²) < 4.78 is 11.4. The molecule has 1 heterocycles. The number of benzene rings is 3. The molecule has 0 saturated heterocycles. The van der Waals surface area contributed by atoms with Crippen LogP contribution in [-0.2, 0) is 0 Å². The summed E-state index contributed by atoms with van der Waals surface area (Å²) in [7, 11) is 1.67. The summed E-state index contributed by atoms with van der Waals surface area (Å²) in [5.74, 6) is 1.43. The predicted octanol–water partition coefficient (Wildman–Crippen LogP) is 5.19. The molecule has 2 aromatic rings. The molecule has 0 fully saturated rings. The molecule has 3 heteroatoms. The summed E-state index contributed by atoms with van der Waals surface area (Å²) in [5, 5.41) is 1.03. The van der Waals surface area contributed by atoms with Gasteiger partial charge in [-0.05, 0) is 60.9 Å². The molecular weight excluding hydrogens is 312 g/mol. The van der Waals surface area contributed by atoms with Gasteiger partial charge in [0, 0.05) is 22.6 Å². The second-order valence-corrected chi connectivity index (χ2v) is 6.32. The number of aryl methyl sites for hydroxylation is 2. The first-order valence-electron chi connectivity index (χ1n) is 8.19. The minimum absolute atomic E-state index is 0.0549. The van der Waals surface area contributed by atoms with Crippen molar-refractivity contribution in [2.45, 2.75) is 13.8 Å². The van der Waals surface area contributed by atoms with E-state index in [1.807, 2.05) is 31.2 Å². The highest BCUT2D eigenvalue weighted by molar-refractivity contribution is 6.02. The van der Waals surface area contributed by atoms with E-state index in [0.717, 1.165) is 44.5 Å². The third-order valence-corrected chi connectivity index (χ3v) is 4.55. The minimum atomic E-state index is -0.0549. The van der Waals surface area contributed by atoms with Crippen molar-refractivity contribution in [3.8, 4) is 28.2 Å². The van der Waals surface area contributed by atoms with Gasteiger partial charge in [0.1, 0.15) is 17.1 Å². The maximum atomic E-state index is 11.8. The van der Waals surface area contributed by atoms with Crippen LogP contribution in [0.15, 0.2) is 63.8 Å². The average Bonchev–Trinajstić information content (AvgIpc) is 2.59. The van der Waals surface area contributed by atoms with Gasteiger partial charge in [-0.2, -0.15) is 0 Å². The van der Waals surface area contributed by atoms with Crippen LogP contribution >= 0.6 is 0 Å². The van der Waals surface area contributed by atoms with Crippen LogP contribution < -0.4 is 10.2 Å². The molecule has 0 unspecified atom stereocenters. The van der Waals surface area contributed by atoms with Gasteiger partial charge < -0.3 is 9.15 Å². The van der Waals surface area contributed by atoms with Gasteiger partial charge >= 0.3 is 0 Å². The van der Waals surface area contributed by atoms with Crippen LogP contribution in [0.5, 0.6) is 5.75 Å². The zero-order valence-electron chi connectivity index (χ0n) is 14.4. The third kappa shape index (κ3) is 2.58. The summed E-state index contributed by atoms with van der Waals surface area (Å²) in [6.45, 7) is 4.09. The van der Waals surface area contributed by atoms with Gasteiger partial charge in [-0.1, -0.05) is 18.2 Å². The largest absolute Gasteiger partial charge is 0.497 e. The maximum absolute atomic E-state index is 11.8. The Kier molecular flexibility index (Phi) is 3.57. The lowest BCUT2D eigenvalue weighted by Crippen LogP contribution is -2.00. The first-order valence-corrected chi connectivity index (χ1v) is 8.19. The van der Waals surface area contributed by atoms with Gasteiger partial charge in [-0.3, -0.25) is 4.79 Å². The molecule has 0 spiro atoms. The summed E-state index contributed by atoms with van der Waals surface area (Å²) >= 11 is 0. The molecule has 0 aromatic heterocycles. The second kappa shape index (κ2) is 5.78. The van der Waals surface area contributed by atoms with Crippen LogP contribution in [0.3, 0.4) is 0 Å². The third-order valence-electron chi connectivity index (χ3n) is 4.55. The zero-order chi connectivity index (χ0) is 17.6. The van der Waals surface area contributed by atoms with Crippen LogP contribution in [0.25, 0.3) is 33.4 Å². The number of hydrogen-bond donors (Lipinski definition) is 0. The SMILES string of the molecule is COc1ccc(-c2c3ccc(=O)cc-3oc3cc(C)ccc23)c(C)c1. The molecule has 4 rings (SSSR count). The Morgan fingerprint density at radius 2 is 1.68 bits per heavy atom. The van der Waals surface area contributed by atoms with Crippen molar-refractivity contribution in [3.63, 3.8) is 0 Å². The van der Waals surface area contributed by atoms with Gasteiger partial charge in [0.2, 0.25) is 0 Å². The summed E-state index contributed by atoms with van der Waals surface area (Å²) in [4.78, 5) is 11.8. The standard InChI is InChI=1S/C22H18O3/c1-13-4-7-18-20(10-13)25-21-12-15(23)5-8-19(21)22(18)17-9-6-16(24-3)11-14(17)2/h4-12H,1-3H3. The van der Waals surface area contributed by atoms with E-state index in [1.165, 1.54) is 0 Å². The van der Waals surface area contributed by atoms with E-state index in [2.05, 4.69) is 25.1 Å². The lowest BCUT2D eigenvalue weighted by molar-refractivity contribution is 0.414. The Balaban J connectivity index is 2.15.